The van der Waals surface area contributed by atoms with Crippen molar-refractivity contribution in [2.45, 2.75) is 6.18 Å². The Morgan fingerprint density at radius 2 is 1.66 bits per heavy atom. The summed E-state index contributed by atoms with van der Waals surface area (Å²) in [6, 6.07) is 10.6. The number of hydrogen-bond donors (Lipinski definition) is 2. The summed E-state index contributed by atoms with van der Waals surface area (Å²) in [7, 11) is 0. The molecule has 2 N–H and O–H groups in total. The van der Waals surface area contributed by atoms with Crippen molar-refractivity contribution in [1.29, 1.82) is 0 Å². The molecule has 3 aromatic heterocycles. The van der Waals surface area contributed by atoms with E-state index in [1.807, 2.05) is 0 Å². The molecular weight excluding hydrogens is 413 g/mol. The van der Waals surface area contributed by atoms with Crippen LogP contribution in [0.1, 0.15) is 5.69 Å². The molecule has 4 aromatic rings. The van der Waals surface area contributed by atoms with Crippen LogP contribution in [0.3, 0.4) is 0 Å². The Labute approximate surface area is 166 Å². The lowest BCUT2D eigenvalue weighted by Gasteiger charge is -2.06. The van der Waals surface area contributed by atoms with Gasteiger partial charge in [-0.1, -0.05) is 0 Å². The second kappa shape index (κ2) is 7.80. The van der Waals surface area contributed by atoms with Crippen LogP contribution in [0.25, 0.3) is 5.78 Å². The Morgan fingerprint density at radius 3 is 2.31 bits per heavy atom. The molecule has 29 heavy (non-hydrogen) atoms. The Hall–Kier alpha value is -3.60. The van der Waals surface area contributed by atoms with Gasteiger partial charge in [0.1, 0.15) is 11.5 Å². The molecule has 12 heteroatoms. The summed E-state index contributed by atoms with van der Waals surface area (Å²) < 4.78 is 44.7. The Balaban J connectivity index is 0.00000240. The van der Waals surface area contributed by atoms with Crippen molar-refractivity contribution >= 4 is 29.8 Å². The molecule has 0 aliphatic carbocycles. The van der Waals surface area contributed by atoms with Crippen LogP contribution in [0, 0.1) is 0 Å². The number of ether oxygens (including phenoxy) is 1. The summed E-state index contributed by atoms with van der Waals surface area (Å²) in [6.45, 7) is 0. The zero-order valence-corrected chi connectivity index (χ0v) is 15.2. The van der Waals surface area contributed by atoms with Crippen LogP contribution < -0.4 is 15.6 Å². The molecule has 0 amide bonds. The SMILES string of the molecule is Cl.O=c1cc(C(F)(F)F)nc2nc(Nc3ccc(Oc4ccncc4)cc3)[nH]n12. The van der Waals surface area contributed by atoms with E-state index < -0.39 is 17.4 Å². The fourth-order valence-corrected chi connectivity index (χ4v) is 2.37. The van der Waals surface area contributed by atoms with Crippen LogP contribution in [0.2, 0.25) is 0 Å². The number of benzene rings is 1. The van der Waals surface area contributed by atoms with E-state index in [1.165, 1.54) is 0 Å². The molecule has 0 bridgehead atoms. The minimum atomic E-state index is -4.73. The normalized spacial score (nSPS) is 11.1. The number of fused-ring (bicyclic) bond motifs is 1. The third-order valence-electron chi connectivity index (χ3n) is 3.62. The average molecular weight is 425 g/mol. The van der Waals surface area contributed by atoms with E-state index in [9.17, 15) is 18.0 Å². The van der Waals surface area contributed by atoms with Gasteiger partial charge in [-0.2, -0.15) is 22.7 Å². The van der Waals surface area contributed by atoms with E-state index >= 15 is 0 Å². The first-order valence-electron chi connectivity index (χ1n) is 7.90. The lowest BCUT2D eigenvalue weighted by atomic mass is 10.3. The van der Waals surface area contributed by atoms with Gasteiger partial charge in [0.15, 0.2) is 5.69 Å². The molecule has 0 atom stereocenters. The van der Waals surface area contributed by atoms with Gasteiger partial charge in [0, 0.05) is 24.1 Å². The maximum Gasteiger partial charge on any atom is 0.433 e. The third kappa shape index (κ3) is 4.46. The van der Waals surface area contributed by atoms with Crippen molar-refractivity contribution in [3.63, 3.8) is 0 Å². The highest BCUT2D eigenvalue weighted by Crippen LogP contribution is 2.27. The summed E-state index contributed by atoms with van der Waals surface area (Å²) in [5, 5.41) is 5.42. The predicted octanol–water partition coefficient (Wildman–Crippen LogP) is 3.79. The van der Waals surface area contributed by atoms with Gasteiger partial charge in [0.25, 0.3) is 11.3 Å². The zero-order valence-electron chi connectivity index (χ0n) is 14.3. The fraction of sp³-hybridized carbons (Fsp3) is 0.0588. The third-order valence-corrected chi connectivity index (χ3v) is 3.62. The average Bonchev–Trinajstić information content (AvgIpc) is 3.07. The molecule has 4 rings (SSSR count). The first-order chi connectivity index (χ1) is 13.4. The number of aromatic nitrogens is 5. The van der Waals surface area contributed by atoms with E-state index in [-0.39, 0.29) is 24.1 Å². The quantitative estimate of drug-likeness (QED) is 0.517. The Morgan fingerprint density at radius 1 is 1.00 bits per heavy atom. The summed E-state index contributed by atoms with van der Waals surface area (Å²) in [6.07, 6.45) is -1.52. The topological polar surface area (TPSA) is 97.2 Å². The van der Waals surface area contributed by atoms with E-state index in [2.05, 4.69) is 25.4 Å². The zero-order chi connectivity index (χ0) is 19.7. The number of alkyl halides is 3. The fourth-order valence-electron chi connectivity index (χ4n) is 2.37. The molecule has 0 aliphatic heterocycles. The van der Waals surface area contributed by atoms with Gasteiger partial charge in [0.2, 0.25) is 5.95 Å². The van der Waals surface area contributed by atoms with Crippen molar-refractivity contribution in [1.82, 2.24) is 24.6 Å². The monoisotopic (exact) mass is 424 g/mol. The lowest BCUT2D eigenvalue weighted by molar-refractivity contribution is -0.141. The molecule has 0 aliphatic rings. The maximum absolute atomic E-state index is 12.8. The number of halogens is 4. The largest absolute Gasteiger partial charge is 0.457 e. The summed E-state index contributed by atoms with van der Waals surface area (Å²) in [5.74, 6) is 0.875. The van der Waals surface area contributed by atoms with Crippen molar-refractivity contribution < 1.29 is 17.9 Å². The number of rotatable bonds is 4. The first-order valence-corrected chi connectivity index (χ1v) is 7.90. The predicted molar refractivity (Wildman–Crippen MR) is 99.9 cm³/mol. The van der Waals surface area contributed by atoms with Gasteiger partial charge in [-0.05, 0) is 36.4 Å². The highest BCUT2D eigenvalue weighted by atomic mass is 35.5. The number of aromatic amines is 1. The van der Waals surface area contributed by atoms with E-state index in [1.54, 1.807) is 48.8 Å². The van der Waals surface area contributed by atoms with Crippen LogP contribution in [0.15, 0.2) is 59.7 Å². The number of H-pyrrole nitrogens is 1. The highest BCUT2D eigenvalue weighted by molar-refractivity contribution is 5.85. The Bertz CT molecular complexity index is 1180. The molecule has 8 nitrogen and oxygen atoms in total. The Kier molecular flexibility index (Phi) is 5.41. The minimum absolute atomic E-state index is 0. The highest BCUT2D eigenvalue weighted by Gasteiger charge is 2.34. The summed E-state index contributed by atoms with van der Waals surface area (Å²) >= 11 is 0. The second-order valence-corrected chi connectivity index (χ2v) is 5.62. The van der Waals surface area contributed by atoms with E-state index in [4.69, 9.17) is 4.74 Å². The molecule has 3 heterocycles. The molecule has 0 spiro atoms. The molecule has 0 saturated carbocycles. The molecule has 0 saturated heterocycles. The minimum Gasteiger partial charge on any atom is -0.457 e. The van der Waals surface area contributed by atoms with Crippen LogP contribution in [-0.2, 0) is 6.18 Å². The number of nitrogens with one attached hydrogen (secondary N) is 2. The van der Waals surface area contributed by atoms with Crippen LogP contribution in [0.5, 0.6) is 11.5 Å². The summed E-state index contributed by atoms with van der Waals surface area (Å²) in [5.41, 5.74) is -1.64. The van der Waals surface area contributed by atoms with Gasteiger partial charge < -0.3 is 10.1 Å². The number of hydrogen-bond acceptors (Lipinski definition) is 6. The van der Waals surface area contributed by atoms with Crippen molar-refractivity contribution in [2.24, 2.45) is 0 Å². The maximum atomic E-state index is 12.8. The number of anilines is 2. The van der Waals surface area contributed by atoms with Crippen LogP contribution in [-0.4, -0.2) is 24.6 Å². The van der Waals surface area contributed by atoms with E-state index in [0.29, 0.717) is 23.3 Å². The molecule has 0 radical (unpaired) electrons. The standard InChI is InChI=1S/C17H11F3N6O2.ClH/c18-17(19,20)13-9-14(27)26-16(23-13)24-15(25-26)22-10-1-3-11(4-2-10)28-12-5-7-21-8-6-12;/h1-9H,(H2,22,23,24,25);1H. The lowest BCUT2D eigenvalue weighted by Crippen LogP contribution is -2.20. The van der Waals surface area contributed by atoms with Gasteiger partial charge in [-0.25, -0.2) is 4.98 Å². The van der Waals surface area contributed by atoms with Crippen LogP contribution >= 0.6 is 12.4 Å². The first kappa shape index (κ1) is 20.1. The van der Waals surface area contributed by atoms with Crippen molar-refractivity contribution in [3.05, 3.63) is 70.9 Å². The molecule has 0 fully saturated rings. The van der Waals surface area contributed by atoms with Gasteiger partial charge in [-0.15, -0.1) is 12.4 Å². The second-order valence-electron chi connectivity index (χ2n) is 5.62. The number of pyridine rings is 1. The molecule has 0 unspecified atom stereocenters. The van der Waals surface area contributed by atoms with Crippen molar-refractivity contribution in [2.75, 3.05) is 5.32 Å². The van der Waals surface area contributed by atoms with Gasteiger partial charge in [-0.3, -0.25) is 14.9 Å². The number of nitrogens with zero attached hydrogens (tertiary/aromatic N) is 4. The molecule has 150 valence electrons. The van der Waals surface area contributed by atoms with Crippen LogP contribution in [0.4, 0.5) is 24.8 Å². The molecular formula is C17H12ClF3N6O2. The van der Waals surface area contributed by atoms with E-state index in [0.717, 1.165) is 4.52 Å². The van der Waals surface area contributed by atoms with Crippen molar-refractivity contribution in [3.8, 4) is 11.5 Å². The van der Waals surface area contributed by atoms with Gasteiger partial charge in [0.05, 0.1) is 0 Å². The summed E-state index contributed by atoms with van der Waals surface area (Å²) in [4.78, 5) is 23.0. The molecule has 1 aromatic carbocycles. The smallest absolute Gasteiger partial charge is 0.433 e. The van der Waals surface area contributed by atoms with Gasteiger partial charge >= 0.3 is 6.18 Å².